The molecule has 4 heterocycles. The number of hydrogen-bond donors (Lipinski definition) is 5. The van der Waals surface area contributed by atoms with Gasteiger partial charge in [-0.15, -0.1) is 11.3 Å². The van der Waals surface area contributed by atoms with Crippen molar-refractivity contribution in [2.24, 2.45) is 22.8 Å². The number of carboxylic acid groups (broad SMARTS) is 1. The van der Waals surface area contributed by atoms with E-state index in [1.165, 1.54) is 4.90 Å². The normalized spacial score (nSPS) is 19.7. The summed E-state index contributed by atoms with van der Waals surface area (Å²) < 4.78 is 6.32. The van der Waals surface area contributed by atoms with E-state index in [9.17, 15) is 33.9 Å². The molecule has 0 radical (unpaired) electrons. The zero-order valence-corrected chi connectivity index (χ0v) is 45.3. The van der Waals surface area contributed by atoms with Gasteiger partial charge in [0.1, 0.15) is 6.04 Å². The maximum absolute atomic E-state index is 14.2. The number of anilines is 1. The monoisotopic (exact) mass is 1050 g/mol. The summed E-state index contributed by atoms with van der Waals surface area (Å²) in [5.74, 6) is -2.72. The van der Waals surface area contributed by atoms with Gasteiger partial charge in [0.15, 0.2) is 11.6 Å². The number of aryl methyl sites for hydroxylation is 3. The highest BCUT2D eigenvalue weighted by Gasteiger charge is 2.45. The number of nitrogens with one attached hydrogen (secondary N) is 1. The summed E-state index contributed by atoms with van der Waals surface area (Å²) >= 11 is 1.59. The molecule has 17 heteroatoms. The first-order chi connectivity index (χ1) is 35.5. The highest BCUT2D eigenvalue weighted by molar-refractivity contribution is 7.13. The van der Waals surface area contributed by atoms with Gasteiger partial charge in [-0.3, -0.25) is 38.5 Å². The molecular weight excluding hydrogens is 973 g/mol. The Bertz CT molecular complexity index is 2660. The quantitative estimate of drug-likeness (QED) is 0.0492. The number of aliphatic hydroxyl groups is 1. The predicted octanol–water partition coefficient (Wildman–Crippen LogP) is 7.16. The number of carbonyl (C=O) groups is 7. The van der Waals surface area contributed by atoms with Gasteiger partial charge in [0.2, 0.25) is 23.6 Å². The van der Waals surface area contributed by atoms with Crippen LogP contribution in [0.4, 0.5) is 5.69 Å². The number of unbranched alkanes of at least 4 members (excludes halogenated alkanes) is 1. The standard InChI is InChI=1S/C56H72N6O8S.C2H4O2/c1-33(38-18-20-40(21-19-38)52-34(2)59-32-71-52)26-47(64)45-29-43(63)30-61(45)55(69)53(56(4,5)6)60-50(67)13-8-7-10-36-14-16-37(17-15-36)31-70-35(3)41(23-25-49(58)66)28-48(65)46-27-42-12-9-11-39-22-24-44(57)54(68)62(46)51(39)42;1-2(3)4/h9,11-12,14-21,32-33,35,41,43-46,53,63H,7-8,10,13,22-31,57H2,1-6H3,(H2,58,66)(H,60,67);1H3,(H,3,4)/t33-,35-,41-,43-,44+,45+,46+,53-;/m1./s1. The molecule has 7 N–H and O–H groups in total. The van der Waals surface area contributed by atoms with Gasteiger partial charge in [-0.25, -0.2) is 4.98 Å². The number of aliphatic hydroxyl groups excluding tert-OH is 1. The summed E-state index contributed by atoms with van der Waals surface area (Å²) in [6, 6.07) is 19.1. The van der Waals surface area contributed by atoms with Crippen molar-refractivity contribution in [3.05, 3.63) is 106 Å². The fourth-order valence-electron chi connectivity index (χ4n) is 10.4. The number of rotatable bonds is 22. The van der Waals surface area contributed by atoms with Crippen molar-refractivity contribution >= 4 is 58.2 Å². The number of carbonyl (C=O) groups excluding carboxylic acids is 6. The molecule has 404 valence electrons. The minimum absolute atomic E-state index is 0.0354. The van der Waals surface area contributed by atoms with Crippen molar-refractivity contribution in [1.82, 2.24) is 15.2 Å². The number of hydrogen-bond acceptors (Lipinski definition) is 12. The fourth-order valence-corrected chi connectivity index (χ4v) is 11.2. The summed E-state index contributed by atoms with van der Waals surface area (Å²) in [7, 11) is 0. The van der Waals surface area contributed by atoms with Crippen LogP contribution < -0.4 is 21.7 Å². The molecular formula is C58H76N6O10S. The summed E-state index contributed by atoms with van der Waals surface area (Å²) in [5, 5.41) is 21.1. The van der Waals surface area contributed by atoms with Crippen LogP contribution in [-0.4, -0.2) is 104 Å². The lowest BCUT2D eigenvalue weighted by atomic mass is 9.85. The molecule has 1 fully saturated rings. The van der Waals surface area contributed by atoms with Crippen LogP contribution in [0.3, 0.4) is 0 Å². The van der Waals surface area contributed by atoms with Gasteiger partial charge < -0.3 is 36.6 Å². The van der Waals surface area contributed by atoms with Crippen LogP contribution in [0.2, 0.25) is 0 Å². The second-order valence-corrected chi connectivity index (χ2v) is 22.6. The lowest BCUT2D eigenvalue weighted by molar-refractivity contribution is -0.143. The van der Waals surface area contributed by atoms with Gasteiger partial charge in [-0.2, -0.15) is 0 Å². The number of primary amides is 1. The van der Waals surface area contributed by atoms with Gasteiger partial charge in [0.25, 0.3) is 5.97 Å². The molecule has 3 aliphatic heterocycles. The predicted molar refractivity (Wildman–Crippen MR) is 289 cm³/mol. The first-order valence-corrected chi connectivity index (χ1v) is 27.1. The third-order valence-corrected chi connectivity index (χ3v) is 15.7. The van der Waals surface area contributed by atoms with Crippen molar-refractivity contribution < 1.29 is 48.5 Å². The van der Waals surface area contributed by atoms with E-state index < -0.39 is 47.6 Å². The molecule has 75 heavy (non-hydrogen) atoms. The van der Waals surface area contributed by atoms with Gasteiger partial charge in [0.05, 0.1) is 58.7 Å². The number of nitrogens with zero attached hydrogens (tertiary/aromatic N) is 3. The first kappa shape index (κ1) is 58.1. The SMILES string of the molecule is CC(=O)O.Cc1ncsc1-c1ccc([C@H](C)CC(=O)[C@@H]2C[C@@H](O)CN2C(=O)[C@@H](NC(=O)CCCCc2ccc(CO[C@H](C)[C@H](CCC(N)=O)CC(=O)[C@@H]3Cc4cccc5c4N3C(=O)[C@@H](N)CC5)cc2)C(C)(C)C)cc1. The maximum Gasteiger partial charge on any atom is 0.300 e. The molecule has 3 aromatic carbocycles. The molecule has 1 saturated heterocycles. The maximum atomic E-state index is 14.2. The lowest BCUT2D eigenvalue weighted by Gasteiger charge is -2.35. The Balaban J connectivity index is 0.00000220. The number of ketones is 2. The van der Waals surface area contributed by atoms with Gasteiger partial charge in [0, 0.05) is 52.0 Å². The molecule has 4 amide bonds. The van der Waals surface area contributed by atoms with Crippen molar-refractivity contribution in [2.75, 3.05) is 11.4 Å². The highest BCUT2D eigenvalue weighted by Crippen LogP contribution is 2.40. The summed E-state index contributed by atoms with van der Waals surface area (Å²) in [5.41, 5.74) is 20.9. The van der Waals surface area contributed by atoms with E-state index >= 15 is 0 Å². The van der Waals surface area contributed by atoms with Crippen LogP contribution in [0.5, 0.6) is 0 Å². The van der Waals surface area contributed by atoms with Crippen LogP contribution in [0, 0.1) is 18.3 Å². The molecule has 3 aliphatic rings. The van der Waals surface area contributed by atoms with Gasteiger partial charge in [-0.05, 0) is 103 Å². The number of ether oxygens (including phenoxy) is 1. The molecule has 0 spiro atoms. The molecule has 0 aliphatic carbocycles. The average molecular weight is 1050 g/mol. The molecule has 4 aromatic rings. The number of Topliss-reactive ketones (excluding diaryl/α,β-unsaturated/α-hetero) is 2. The molecule has 7 rings (SSSR count). The van der Waals surface area contributed by atoms with E-state index in [-0.39, 0.29) is 85.9 Å². The molecule has 0 unspecified atom stereocenters. The minimum atomic E-state index is -0.884. The van der Waals surface area contributed by atoms with Gasteiger partial charge >= 0.3 is 0 Å². The highest BCUT2D eigenvalue weighted by atomic mass is 32.1. The second kappa shape index (κ2) is 26.1. The summed E-state index contributed by atoms with van der Waals surface area (Å²) in [6.07, 6.45) is 3.71. The van der Waals surface area contributed by atoms with Crippen LogP contribution >= 0.6 is 11.3 Å². The summed E-state index contributed by atoms with van der Waals surface area (Å²) in [6.45, 7) is 13.0. The Hall–Kier alpha value is -6.14. The molecule has 0 saturated carbocycles. The van der Waals surface area contributed by atoms with E-state index in [0.29, 0.717) is 38.7 Å². The smallest absolute Gasteiger partial charge is 0.300 e. The number of nitrogens with two attached hydrogens (primary N) is 2. The Morgan fingerprint density at radius 1 is 0.907 bits per heavy atom. The van der Waals surface area contributed by atoms with Crippen molar-refractivity contribution in [3.63, 3.8) is 0 Å². The number of likely N-dealkylation sites (tertiary alicyclic amines) is 1. The Morgan fingerprint density at radius 2 is 1.56 bits per heavy atom. The van der Waals surface area contributed by atoms with Crippen molar-refractivity contribution in [1.29, 1.82) is 0 Å². The third kappa shape index (κ3) is 15.5. The second-order valence-electron chi connectivity index (χ2n) is 21.7. The molecule has 8 atom stereocenters. The minimum Gasteiger partial charge on any atom is -0.481 e. The number of carboxylic acids is 1. The molecule has 1 aromatic heterocycles. The number of benzene rings is 3. The number of aromatic nitrogens is 1. The molecule has 16 nitrogen and oxygen atoms in total. The Kier molecular flexibility index (Phi) is 20.2. The van der Waals surface area contributed by atoms with E-state index in [1.54, 1.807) is 16.2 Å². The van der Waals surface area contributed by atoms with E-state index in [0.717, 1.165) is 69.4 Å². The largest absolute Gasteiger partial charge is 0.481 e. The van der Waals surface area contributed by atoms with E-state index in [1.807, 2.05) is 114 Å². The van der Waals surface area contributed by atoms with Gasteiger partial charge in [-0.1, -0.05) is 94.4 Å². The number of thiazole rings is 1. The van der Waals surface area contributed by atoms with Crippen LogP contribution in [-0.2, 0) is 64.2 Å². The van der Waals surface area contributed by atoms with Crippen LogP contribution in [0.1, 0.15) is 139 Å². The van der Waals surface area contributed by atoms with Crippen LogP contribution in [0.15, 0.2) is 72.2 Å². The Labute approximate surface area is 445 Å². The average Bonchev–Trinajstić information content (AvgIpc) is 4.08. The first-order valence-electron chi connectivity index (χ1n) is 26.2. The van der Waals surface area contributed by atoms with Crippen molar-refractivity contribution in [3.8, 4) is 10.4 Å². The summed E-state index contributed by atoms with van der Waals surface area (Å²) in [4.78, 5) is 98.4. The third-order valence-electron chi connectivity index (χ3n) is 14.7. The number of para-hydroxylation sites is 1. The van der Waals surface area contributed by atoms with Crippen molar-refractivity contribution in [2.45, 2.75) is 174 Å². The fraction of sp³-hybridized carbons (Fsp3) is 0.517. The molecule has 0 bridgehead atoms. The lowest BCUT2D eigenvalue weighted by Crippen LogP contribution is -2.56. The van der Waals surface area contributed by atoms with E-state index in [4.69, 9.17) is 26.1 Å². The van der Waals surface area contributed by atoms with E-state index in [2.05, 4.69) is 10.3 Å². The Morgan fingerprint density at radius 3 is 2.20 bits per heavy atom. The van der Waals surface area contributed by atoms with Crippen LogP contribution in [0.25, 0.3) is 10.4 Å². The number of aliphatic carboxylic acids is 1. The zero-order valence-electron chi connectivity index (χ0n) is 44.5. The zero-order chi connectivity index (χ0) is 54.7. The number of β-amino-alcohol motifs (C(OH)–C–C–N with tert-alkyl or cyclic N) is 1. The topological polar surface area (TPSA) is 253 Å². The number of amides is 4.